The second-order valence-electron chi connectivity index (χ2n) is 5.29. The summed E-state index contributed by atoms with van der Waals surface area (Å²) in [5.74, 6) is -2.55. The molecule has 1 saturated carbocycles. The number of nitrogens with two attached hydrogens (primary N) is 1. The molecule has 0 radical (unpaired) electrons. The van der Waals surface area contributed by atoms with Crippen molar-refractivity contribution in [1.82, 2.24) is 5.32 Å². The topological polar surface area (TPSA) is 55.1 Å². The number of nitrogens with one attached hydrogen (secondary N) is 1. The lowest BCUT2D eigenvalue weighted by molar-refractivity contribution is 0.0944. The van der Waals surface area contributed by atoms with Gasteiger partial charge in [-0.25, -0.2) is 8.78 Å². The molecule has 2 rings (SSSR count). The first-order chi connectivity index (χ1) is 8.97. The molecule has 1 aliphatic carbocycles. The Balaban J connectivity index is 2.02. The van der Waals surface area contributed by atoms with Gasteiger partial charge in [0, 0.05) is 18.3 Å². The molecule has 0 saturated heterocycles. The van der Waals surface area contributed by atoms with Gasteiger partial charge in [0.15, 0.2) is 11.6 Å². The minimum Gasteiger partial charge on any atom is -0.398 e. The second-order valence-corrected chi connectivity index (χ2v) is 5.29. The van der Waals surface area contributed by atoms with E-state index in [0.717, 1.165) is 37.8 Å². The third kappa shape index (κ3) is 3.03. The normalized spacial score (nSPS) is 16.2. The van der Waals surface area contributed by atoms with E-state index in [1.165, 1.54) is 0 Å². The number of hydrogen-bond acceptors (Lipinski definition) is 2. The number of carbonyl (C=O) groups is 1. The molecule has 0 unspecified atom stereocenters. The van der Waals surface area contributed by atoms with Gasteiger partial charge in [-0.1, -0.05) is 13.3 Å². The monoisotopic (exact) mass is 268 g/mol. The van der Waals surface area contributed by atoms with Crippen molar-refractivity contribution in [3.05, 3.63) is 29.3 Å². The average Bonchev–Trinajstić information content (AvgIpc) is 3.12. The molecule has 19 heavy (non-hydrogen) atoms. The summed E-state index contributed by atoms with van der Waals surface area (Å²) in [7, 11) is 0. The summed E-state index contributed by atoms with van der Waals surface area (Å²) in [5.41, 5.74) is 5.69. The maximum absolute atomic E-state index is 13.1. The van der Waals surface area contributed by atoms with Crippen LogP contribution in [-0.2, 0) is 0 Å². The molecule has 1 aromatic rings. The van der Waals surface area contributed by atoms with Crippen LogP contribution in [0.25, 0.3) is 0 Å². The Morgan fingerprint density at radius 3 is 2.58 bits per heavy atom. The van der Waals surface area contributed by atoms with Crippen LogP contribution < -0.4 is 11.1 Å². The summed E-state index contributed by atoms with van der Waals surface area (Å²) in [4.78, 5) is 11.9. The van der Waals surface area contributed by atoms with Crippen LogP contribution in [0.1, 0.15) is 43.0 Å². The third-order valence-corrected chi connectivity index (χ3v) is 3.70. The molecule has 0 aromatic heterocycles. The fourth-order valence-corrected chi connectivity index (χ4v) is 2.34. The molecule has 0 atom stereocenters. The lowest BCUT2D eigenvalue weighted by atomic mass is 10.0. The first-order valence-electron chi connectivity index (χ1n) is 6.50. The van der Waals surface area contributed by atoms with Gasteiger partial charge in [0.1, 0.15) is 0 Å². The molecule has 5 heteroatoms. The maximum atomic E-state index is 13.1. The van der Waals surface area contributed by atoms with Crippen LogP contribution in [0, 0.1) is 17.0 Å². The standard InChI is InChI=1S/C14H18F2N2O/c1-2-3-14(4-5-14)8-18-13(19)9-6-10(15)11(16)7-12(9)17/h6-7H,2-5,8,17H2,1H3,(H,18,19). The predicted molar refractivity (Wildman–Crippen MR) is 69.7 cm³/mol. The Bertz CT molecular complexity index is 498. The number of carbonyl (C=O) groups excluding carboxylic acids is 1. The number of halogens is 2. The molecular formula is C14H18F2N2O. The summed E-state index contributed by atoms with van der Waals surface area (Å²) in [5, 5.41) is 2.77. The van der Waals surface area contributed by atoms with E-state index >= 15 is 0 Å². The van der Waals surface area contributed by atoms with Crippen LogP contribution in [0.2, 0.25) is 0 Å². The molecule has 0 spiro atoms. The fourth-order valence-electron chi connectivity index (χ4n) is 2.34. The Kier molecular flexibility index (Phi) is 3.73. The van der Waals surface area contributed by atoms with E-state index in [1.54, 1.807) is 0 Å². The molecule has 3 nitrogen and oxygen atoms in total. The smallest absolute Gasteiger partial charge is 0.253 e. The Morgan fingerprint density at radius 2 is 2.00 bits per heavy atom. The Labute approximate surface area is 111 Å². The van der Waals surface area contributed by atoms with E-state index < -0.39 is 17.5 Å². The number of anilines is 1. The molecule has 1 aliphatic rings. The Morgan fingerprint density at radius 1 is 1.37 bits per heavy atom. The van der Waals surface area contributed by atoms with Crippen LogP contribution in [-0.4, -0.2) is 12.5 Å². The van der Waals surface area contributed by atoms with Crippen molar-refractivity contribution >= 4 is 11.6 Å². The number of rotatable bonds is 5. The van der Waals surface area contributed by atoms with Crippen molar-refractivity contribution in [2.45, 2.75) is 32.6 Å². The molecule has 1 aromatic carbocycles. The van der Waals surface area contributed by atoms with Crippen molar-refractivity contribution in [2.75, 3.05) is 12.3 Å². The van der Waals surface area contributed by atoms with Gasteiger partial charge in [-0.15, -0.1) is 0 Å². The minimum absolute atomic E-state index is 0.00815. The summed E-state index contributed by atoms with van der Waals surface area (Å²) in [6.07, 6.45) is 4.35. The summed E-state index contributed by atoms with van der Waals surface area (Å²) in [6.45, 7) is 2.67. The molecule has 0 heterocycles. The van der Waals surface area contributed by atoms with Crippen LogP contribution in [0.3, 0.4) is 0 Å². The highest BCUT2D eigenvalue weighted by Crippen LogP contribution is 2.48. The minimum atomic E-state index is -1.06. The van der Waals surface area contributed by atoms with Gasteiger partial charge >= 0.3 is 0 Å². The first kappa shape index (κ1) is 13.8. The van der Waals surface area contributed by atoms with Crippen LogP contribution in [0.4, 0.5) is 14.5 Å². The largest absolute Gasteiger partial charge is 0.398 e. The number of amides is 1. The van der Waals surface area contributed by atoms with Crippen molar-refractivity contribution in [1.29, 1.82) is 0 Å². The third-order valence-electron chi connectivity index (χ3n) is 3.70. The van der Waals surface area contributed by atoms with E-state index in [9.17, 15) is 13.6 Å². The predicted octanol–water partition coefficient (Wildman–Crippen LogP) is 2.86. The van der Waals surface area contributed by atoms with E-state index in [2.05, 4.69) is 12.2 Å². The van der Waals surface area contributed by atoms with E-state index in [-0.39, 0.29) is 16.7 Å². The van der Waals surface area contributed by atoms with Gasteiger partial charge in [-0.05, 0) is 30.7 Å². The molecule has 104 valence electrons. The van der Waals surface area contributed by atoms with E-state index in [1.807, 2.05) is 0 Å². The van der Waals surface area contributed by atoms with E-state index in [4.69, 9.17) is 5.73 Å². The first-order valence-corrected chi connectivity index (χ1v) is 6.50. The van der Waals surface area contributed by atoms with Crippen molar-refractivity contribution < 1.29 is 13.6 Å². The maximum Gasteiger partial charge on any atom is 0.253 e. The zero-order chi connectivity index (χ0) is 14.0. The zero-order valence-corrected chi connectivity index (χ0v) is 10.9. The molecule has 0 bridgehead atoms. The SMILES string of the molecule is CCCC1(CNC(=O)c2cc(F)c(F)cc2N)CC1. The molecule has 1 amide bonds. The molecule has 3 N–H and O–H groups in total. The summed E-state index contributed by atoms with van der Waals surface area (Å²) in [6, 6.07) is 1.68. The van der Waals surface area contributed by atoms with E-state index in [0.29, 0.717) is 6.54 Å². The number of hydrogen-bond donors (Lipinski definition) is 2. The second kappa shape index (κ2) is 5.15. The van der Waals surface area contributed by atoms with Gasteiger partial charge in [0.05, 0.1) is 5.56 Å². The summed E-state index contributed by atoms with van der Waals surface area (Å²) < 4.78 is 26.0. The Hall–Kier alpha value is -1.65. The summed E-state index contributed by atoms with van der Waals surface area (Å²) >= 11 is 0. The van der Waals surface area contributed by atoms with Crippen LogP contribution in [0.15, 0.2) is 12.1 Å². The quantitative estimate of drug-likeness (QED) is 0.807. The average molecular weight is 268 g/mol. The number of benzene rings is 1. The highest BCUT2D eigenvalue weighted by atomic mass is 19.2. The van der Waals surface area contributed by atoms with Gasteiger partial charge < -0.3 is 11.1 Å². The van der Waals surface area contributed by atoms with Crippen LogP contribution >= 0.6 is 0 Å². The molecular weight excluding hydrogens is 250 g/mol. The lowest BCUT2D eigenvalue weighted by Gasteiger charge is -2.15. The van der Waals surface area contributed by atoms with Gasteiger partial charge in [-0.2, -0.15) is 0 Å². The van der Waals surface area contributed by atoms with Crippen LogP contribution in [0.5, 0.6) is 0 Å². The van der Waals surface area contributed by atoms with Gasteiger partial charge in [-0.3, -0.25) is 4.79 Å². The van der Waals surface area contributed by atoms with Crippen molar-refractivity contribution in [3.63, 3.8) is 0 Å². The molecule has 0 aliphatic heterocycles. The van der Waals surface area contributed by atoms with Crippen molar-refractivity contribution in [2.24, 2.45) is 5.41 Å². The van der Waals surface area contributed by atoms with Crippen molar-refractivity contribution in [3.8, 4) is 0 Å². The zero-order valence-electron chi connectivity index (χ0n) is 10.9. The number of nitrogen functional groups attached to an aromatic ring is 1. The highest BCUT2D eigenvalue weighted by molar-refractivity contribution is 5.99. The van der Waals surface area contributed by atoms with Gasteiger partial charge in [0.2, 0.25) is 0 Å². The molecule has 1 fully saturated rings. The lowest BCUT2D eigenvalue weighted by Crippen LogP contribution is -2.30. The highest BCUT2D eigenvalue weighted by Gasteiger charge is 2.41. The fraction of sp³-hybridized carbons (Fsp3) is 0.500. The van der Waals surface area contributed by atoms with Gasteiger partial charge in [0.25, 0.3) is 5.91 Å².